The summed E-state index contributed by atoms with van der Waals surface area (Å²) in [6.07, 6.45) is -1.46. The molecule has 4 amide bonds. The monoisotopic (exact) mass is 480 g/mol. The van der Waals surface area contributed by atoms with Crippen LogP contribution in [0.1, 0.15) is 20.3 Å². The van der Waals surface area contributed by atoms with E-state index in [2.05, 4.69) is 5.32 Å². The molecule has 0 aromatic heterocycles. The average Bonchev–Trinajstić information content (AvgIpc) is 2.93. The Morgan fingerprint density at radius 3 is 2.12 bits per heavy atom. The molecule has 1 saturated heterocycles. The number of amides is 4. The highest BCUT2D eigenvalue weighted by molar-refractivity contribution is 6.31. The van der Waals surface area contributed by atoms with Gasteiger partial charge in [-0.2, -0.15) is 5.06 Å². The summed E-state index contributed by atoms with van der Waals surface area (Å²) in [5.41, 5.74) is -0.367. The van der Waals surface area contributed by atoms with E-state index in [9.17, 15) is 19.6 Å². The number of rotatable bonds is 6. The second-order valence-corrected chi connectivity index (χ2v) is 8.61. The summed E-state index contributed by atoms with van der Waals surface area (Å²) in [7, 11) is 0. The molecule has 9 nitrogen and oxygen atoms in total. The van der Waals surface area contributed by atoms with Crippen molar-refractivity contribution in [1.82, 2.24) is 9.96 Å². The van der Waals surface area contributed by atoms with Crippen molar-refractivity contribution in [2.45, 2.75) is 32.0 Å². The van der Waals surface area contributed by atoms with E-state index in [0.717, 1.165) is 0 Å². The Balaban J connectivity index is 1.96. The van der Waals surface area contributed by atoms with Crippen LogP contribution >= 0.6 is 23.2 Å². The van der Waals surface area contributed by atoms with E-state index in [4.69, 9.17) is 28.3 Å². The number of nitrogens with one attached hydrogen (secondary N) is 1. The van der Waals surface area contributed by atoms with Crippen LogP contribution in [0.3, 0.4) is 0 Å². The Morgan fingerprint density at radius 1 is 1.06 bits per heavy atom. The summed E-state index contributed by atoms with van der Waals surface area (Å²) in [6, 6.07) is 11.2. The highest BCUT2D eigenvalue weighted by Crippen LogP contribution is 2.38. The molecular formula is C21H22Cl2N4O5. The number of hydrogen-bond acceptors (Lipinski definition) is 4. The van der Waals surface area contributed by atoms with Crippen molar-refractivity contribution in [2.75, 3.05) is 16.8 Å². The summed E-state index contributed by atoms with van der Waals surface area (Å²) >= 11 is 11.8. The normalized spacial score (nSPS) is 17.4. The van der Waals surface area contributed by atoms with Gasteiger partial charge >= 0.3 is 18.0 Å². The molecule has 0 saturated carbocycles. The van der Waals surface area contributed by atoms with Crippen LogP contribution < -0.4 is 10.2 Å². The van der Waals surface area contributed by atoms with Gasteiger partial charge in [-0.25, -0.2) is 9.59 Å². The number of benzene rings is 2. The predicted molar refractivity (Wildman–Crippen MR) is 120 cm³/mol. The van der Waals surface area contributed by atoms with Crippen molar-refractivity contribution in [2.24, 2.45) is 0 Å². The molecule has 3 N–H and O–H groups in total. The van der Waals surface area contributed by atoms with Gasteiger partial charge in [0.1, 0.15) is 0 Å². The van der Waals surface area contributed by atoms with Gasteiger partial charge in [0.15, 0.2) is 6.17 Å². The highest BCUT2D eigenvalue weighted by Gasteiger charge is 2.56. The van der Waals surface area contributed by atoms with Crippen molar-refractivity contribution >= 4 is 52.6 Å². The molecular weight excluding hydrogens is 459 g/mol. The molecule has 0 bridgehead atoms. The van der Waals surface area contributed by atoms with E-state index in [1.54, 1.807) is 62.4 Å². The molecule has 1 unspecified atom stereocenters. The van der Waals surface area contributed by atoms with Crippen molar-refractivity contribution in [3.8, 4) is 0 Å². The van der Waals surface area contributed by atoms with E-state index < -0.39 is 29.7 Å². The van der Waals surface area contributed by atoms with Gasteiger partial charge in [0.25, 0.3) is 0 Å². The number of halogens is 2. The lowest BCUT2D eigenvalue weighted by atomic mass is 9.99. The first-order valence-electron chi connectivity index (χ1n) is 9.65. The number of carboxylic acids is 1. The number of aliphatic carboxylic acids is 1. The lowest BCUT2D eigenvalue weighted by Gasteiger charge is -2.38. The number of hydrogen-bond donors (Lipinski definition) is 3. The van der Waals surface area contributed by atoms with Crippen LogP contribution in [0.4, 0.5) is 21.0 Å². The molecule has 11 heteroatoms. The minimum atomic E-state index is -1.17. The molecule has 0 radical (unpaired) electrons. The molecule has 2 aromatic rings. The van der Waals surface area contributed by atoms with Gasteiger partial charge in [-0.3, -0.25) is 14.9 Å². The molecule has 32 heavy (non-hydrogen) atoms. The molecule has 1 heterocycles. The Morgan fingerprint density at radius 2 is 1.59 bits per heavy atom. The zero-order valence-corrected chi connectivity index (χ0v) is 18.8. The first-order chi connectivity index (χ1) is 15.0. The van der Waals surface area contributed by atoms with Crippen molar-refractivity contribution < 1.29 is 24.7 Å². The maximum Gasteiger partial charge on any atom is 0.347 e. The van der Waals surface area contributed by atoms with Crippen LogP contribution in [0.15, 0.2) is 48.5 Å². The number of nitrogens with zero attached hydrogens (tertiary/aromatic N) is 3. The first-order valence-corrected chi connectivity index (χ1v) is 10.4. The quantitative estimate of drug-likeness (QED) is 0.408. The number of urea groups is 2. The summed E-state index contributed by atoms with van der Waals surface area (Å²) in [5, 5.41) is 23.9. The molecule has 3 rings (SSSR count). The van der Waals surface area contributed by atoms with Crippen LogP contribution in [0.5, 0.6) is 0 Å². The van der Waals surface area contributed by atoms with Gasteiger partial charge in [0.05, 0.1) is 12.0 Å². The van der Waals surface area contributed by atoms with E-state index >= 15 is 0 Å². The van der Waals surface area contributed by atoms with E-state index in [0.29, 0.717) is 26.5 Å². The molecule has 1 aliphatic heterocycles. The molecule has 0 spiro atoms. The Bertz CT molecular complexity index is 1010. The number of carboxylic acid groups (broad SMARTS) is 1. The summed E-state index contributed by atoms with van der Waals surface area (Å²) in [4.78, 5) is 39.8. The van der Waals surface area contributed by atoms with Crippen LogP contribution in [-0.2, 0) is 4.79 Å². The third-order valence-electron chi connectivity index (χ3n) is 5.20. The SMILES string of the molecule is CC1(C)C(N(O)C(=O)Nc2ccc(Cl)cc2)N(c2ccc(Cl)cc2)C(=O)N1CCC(=O)O. The minimum absolute atomic E-state index is 0.103. The van der Waals surface area contributed by atoms with Crippen molar-refractivity contribution in [3.63, 3.8) is 0 Å². The van der Waals surface area contributed by atoms with Crippen LogP contribution in [0, 0.1) is 0 Å². The maximum absolute atomic E-state index is 13.3. The smallest absolute Gasteiger partial charge is 0.347 e. The van der Waals surface area contributed by atoms with Gasteiger partial charge in [0, 0.05) is 28.0 Å². The number of anilines is 2. The van der Waals surface area contributed by atoms with E-state index in [1.165, 1.54) is 9.80 Å². The lowest BCUT2D eigenvalue weighted by molar-refractivity contribution is -0.137. The number of carbonyl (C=O) groups excluding carboxylic acids is 2. The molecule has 1 atom stereocenters. The Kier molecular flexibility index (Phi) is 6.82. The second-order valence-electron chi connectivity index (χ2n) is 7.73. The topological polar surface area (TPSA) is 113 Å². The van der Waals surface area contributed by atoms with Gasteiger partial charge < -0.3 is 15.3 Å². The summed E-state index contributed by atoms with van der Waals surface area (Å²) < 4.78 is 0. The molecule has 170 valence electrons. The minimum Gasteiger partial charge on any atom is -0.481 e. The van der Waals surface area contributed by atoms with E-state index in [-0.39, 0.29) is 13.0 Å². The fourth-order valence-corrected chi connectivity index (χ4v) is 3.87. The largest absolute Gasteiger partial charge is 0.481 e. The van der Waals surface area contributed by atoms with Crippen LogP contribution in [-0.4, -0.2) is 56.6 Å². The number of hydroxylamine groups is 2. The third kappa shape index (κ3) is 4.74. The van der Waals surface area contributed by atoms with Crippen LogP contribution in [0.2, 0.25) is 10.0 Å². The van der Waals surface area contributed by atoms with Gasteiger partial charge in [-0.05, 0) is 62.4 Å². The van der Waals surface area contributed by atoms with Gasteiger partial charge in [-0.15, -0.1) is 0 Å². The van der Waals surface area contributed by atoms with Gasteiger partial charge in [0.2, 0.25) is 0 Å². The summed E-state index contributed by atoms with van der Waals surface area (Å²) in [5.74, 6) is -1.07. The predicted octanol–water partition coefficient (Wildman–Crippen LogP) is 4.74. The highest BCUT2D eigenvalue weighted by atomic mass is 35.5. The zero-order valence-electron chi connectivity index (χ0n) is 17.3. The fourth-order valence-electron chi connectivity index (χ4n) is 3.61. The van der Waals surface area contributed by atoms with Crippen molar-refractivity contribution in [1.29, 1.82) is 0 Å². The second kappa shape index (κ2) is 9.23. The van der Waals surface area contributed by atoms with Crippen molar-refractivity contribution in [3.05, 3.63) is 58.6 Å². The standard InChI is InChI=1S/C21H22Cl2N4O5/c1-21(2)18(27(32)19(30)24-15-7-3-13(22)4-8-15)26(16-9-5-14(23)6-10-16)20(31)25(21)12-11-17(28)29/h3-10,18,32H,11-12H2,1-2H3,(H,24,30)(H,28,29). The average molecular weight is 481 g/mol. The molecule has 1 aliphatic rings. The fraction of sp³-hybridized carbons (Fsp3) is 0.286. The van der Waals surface area contributed by atoms with Crippen LogP contribution in [0.25, 0.3) is 0 Å². The molecule has 2 aromatic carbocycles. The molecule has 1 fully saturated rings. The lowest BCUT2D eigenvalue weighted by Crippen LogP contribution is -2.58. The first kappa shape index (κ1) is 23.6. The summed E-state index contributed by atoms with van der Waals surface area (Å²) in [6.45, 7) is 3.19. The van der Waals surface area contributed by atoms with Gasteiger partial charge in [-0.1, -0.05) is 23.2 Å². The zero-order chi connectivity index (χ0) is 23.6. The Labute approximate surface area is 194 Å². The van der Waals surface area contributed by atoms with E-state index in [1.807, 2.05) is 0 Å². The number of carbonyl (C=O) groups is 3. The third-order valence-corrected chi connectivity index (χ3v) is 5.70. The molecule has 0 aliphatic carbocycles. The maximum atomic E-state index is 13.3. The Hall–Kier alpha value is -3.01.